The maximum absolute atomic E-state index is 11.9. The Kier molecular flexibility index (Phi) is 6.31. The van der Waals surface area contributed by atoms with Crippen molar-refractivity contribution in [1.82, 2.24) is 9.88 Å². The molecule has 0 radical (unpaired) electrons. The first kappa shape index (κ1) is 19.7. The molecule has 25 heavy (non-hydrogen) atoms. The van der Waals surface area contributed by atoms with Crippen LogP contribution >= 0.6 is 0 Å². The molecule has 12 heteroatoms. The second-order valence-electron chi connectivity index (χ2n) is 5.63. The van der Waals surface area contributed by atoms with E-state index in [0.717, 1.165) is 4.57 Å². The van der Waals surface area contributed by atoms with Crippen molar-refractivity contribution in [2.24, 2.45) is 5.92 Å². The highest BCUT2D eigenvalue weighted by Gasteiger charge is 2.26. The Balaban J connectivity index is 3.07. The van der Waals surface area contributed by atoms with Gasteiger partial charge in [0.05, 0.1) is 22.2 Å². The molecule has 0 saturated carbocycles. The second kappa shape index (κ2) is 7.99. The fraction of sp³-hybridized carbons (Fsp3) is 0.462. The van der Waals surface area contributed by atoms with Crippen LogP contribution in [0.1, 0.15) is 20.3 Å². The molecule has 0 bridgehead atoms. The van der Waals surface area contributed by atoms with Crippen LogP contribution in [0.3, 0.4) is 0 Å². The monoisotopic (exact) mass is 356 g/mol. The molecular weight excluding hydrogens is 340 g/mol. The first-order valence-electron chi connectivity index (χ1n) is 7.08. The topological polar surface area (TPSA) is 175 Å². The third-order valence-electron chi connectivity index (χ3n) is 3.10. The van der Waals surface area contributed by atoms with E-state index < -0.39 is 51.1 Å². The second-order valence-corrected chi connectivity index (χ2v) is 5.63. The summed E-state index contributed by atoms with van der Waals surface area (Å²) >= 11 is 0. The van der Waals surface area contributed by atoms with Crippen LogP contribution in [-0.2, 0) is 16.1 Å². The standard InChI is InChI=1S/C13H16N4O8/c1-7(2)3-8(13(20)21)14-11(18)6-15-4-9(16(22)23)12(19)10(5-15)17(24)25/h4-5,7-8H,3,6H2,1-2H3,(H,14,18)(H,20,21)/t8-/m1/s1. The SMILES string of the molecule is CC(C)C[C@@H](NC(=O)Cn1cc([N+](=O)[O-])c(=O)c([N+](=O)[O-])c1)C(=O)O. The highest BCUT2D eigenvalue weighted by atomic mass is 16.6. The van der Waals surface area contributed by atoms with Crippen LogP contribution in [0, 0.1) is 26.1 Å². The van der Waals surface area contributed by atoms with E-state index in [1.54, 1.807) is 13.8 Å². The Bertz CT molecular complexity index is 732. The van der Waals surface area contributed by atoms with Gasteiger partial charge in [0.2, 0.25) is 5.91 Å². The van der Waals surface area contributed by atoms with Gasteiger partial charge in [0.1, 0.15) is 12.6 Å². The van der Waals surface area contributed by atoms with Crippen LogP contribution in [0.4, 0.5) is 11.4 Å². The van der Waals surface area contributed by atoms with Crippen molar-refractivity contribution >= 4 is 23.3 Å². The fourth-order valence-corrected chi connectivity index (χ4v) is 2.05. The number of hydrogen-bond acceptors (Lipinski definition) is 7. The van der Waals surface area contributed by atoms with E-state index in [1.165, 1.54) is 0 Å². The van der Waals surface area contributed by atoms with Crippen molar-refractivity contribution in [2.75, 3.05) is 0 Å². The molecule has 1 heterocycles. The largest absolute Gasteiger partial charge is 0.480 e. The maximum Gasteiger partial charge on any atom is 0.339 e. The summed E-state index contributed by atoms with van der Waals surface area (Å²) in [5.41, 5.74) is -3.49. The summed E-state index contributed by atoms with van der Waals surface area (Å²) in [6, 6.07) is -1.17. The van der Waals surface area contributed by atoms with Crippen LogP contribution in [0.2, 0.25) is 0 Å². The Morgan fingerprint density at radius 3 is 2.04 bits per heavy atom. The number of amides is 1. The van der Waals surface area contributed by atoms with Crippen molar-refractivity contribution in [3.8, 4) is 0 Å². The minimum absolute atomic E-state index is 0.0176. The molecule has 0 unspecified atom stereocenters. The zero-order valence-corrected chi connectivity index (χ0v) is 13.4. The van der Waals surface area contributed by atoms with Crippen LogP contribution in [-0.4, -0.2) is 37.4 Å². The van der Waals surface area contributed by atoms with Crippen LogP contribution in [0.25, 0.3) is 0 Å². The lowest BCUT2D eigenvalue weighted by molar-refractivity contribution is -0.397. The molecule has 1 aromatic heterocycles. The highest BCUT2D eigenvalue weighted by molar-refractivity contribution is 5.83. The van der Waals surface area contributed by atoms with E-state index in [1.807, 2.05) is 0 Å². The molecule has 12 nitrogen and oxygen atoms in total. The molecule has 2 N–H and O–H groups in total. The maximum atomic E-state index is 11.9. The number of aromatic nitrogens is 1. The van der Waals surface area contributed by atoms with Crippen LogP contribution in [0.5, 0.6) is 0 Å². The fourth-order valence-electron chi connectivity index (χ4n) is 2.05. The normalized spacial score (nSPS) is 11.8. The van der Waals surface area contributed by atoms with E-state index in [0.29, 0.717) is 12.4 Å². The van der Waals surface area contributed by atoms with Gasteiger partial charge < -0.3 is 15.0 Å². The van der Waals surface area contributed by atoms with Gasteiger partial charge in [-0.05, 0) is 12.3 Å². The third kappa shape index (κ3) is 5.37. The van der Waals surface area contributed by atoms with Crippen LogP contribution in [0.15, 0.2) is 17.2 Å². The molecular formula is C13H16N4O8. The number of carbonyl (C=O) groups excluding carboxylic acids is 1. The Morgan fingerprint density at radius 1 is 1.20 bits per heavy atom. The number of nitrogens with one attached hydrogen (secondary N) is 1. The van der Waals surface area contributed by atoms with E-state index in [2.05, 4.69) is 5.32 Å². The van der Waals surface area contributed by atoms with Gasteiger partial charge in [0.25, 0.3) is 0 Å². The first-order chi connectivity index (χ1) is 11.5. The smallest absolute Gasteiger partial charge is 0.339 e. The summed E-state index contributed by atoms with van der Waals surface area (Å²) in [6.45, 7) is 2.90. The van der Waals surface area contributed by atoms with E-state index >= 15 is 0 Å². The predicted octanol–water partition coefficient (Wildman–Crippen LogP) is 0.280. The minimum Gasteiger partial charge on any atom is -0.480 e. The molecule has 1 rings (SSSR count). The van der Waals surface area contributed by atoms with Gasteiger partial charge in [-0.25, -0.2) is 4.79 Å². The molecule has 0 saturated heterocycles. The van der Waals surface area contributed by atoms with Gasteiger partial charge in [-0.2, -0.15) is 0 Å². The van der Waals surface area contributed by atoms with Crippen molar-refractivity contribution in [2.45, 2.75) is 32.9 Å². The molecule has 0 spiro atoms. The summed E-state index contributed by atoms with van der Waals surface area (Å²) in [7, 11) is 0. The van der Waals surface area contributed by atoms with Gasteiger partial charge in [-0.15, -0.1) is 0 Å². The van der Waals surface area contributed by atoms with E-state index in [4.69, 9.17) is 5.11 Å². The lowest BCUT2D eigenvalue weighted by Crippen LogP contribution is -2.43. The molecule has 1 amide bonds. The van der Waals surface area contributed by atoms with E-state index in [-0.39, 0.29) is 12.3 Å². The summed E-state index contributed by atoms with van der Waals surface area (Å²) in [5.74, 6) is -2.09. The number of pyridine rings is 1. The van der Waals surface area contributed by atoms with Crippen molar-refractivity contribution in [3.63, 3.8) is 0 Å². The number of carboxylic acid groups (broad SMARTS) is 1. The third-order valence-corrected chi connectivity index (χ3v) is 3.10. The number of nitro groups is 2. The summed E-state index contributed by atoms with van der Waals surface area (Å²) in [6.07, 6.45) is 1.53. The quantitative estimate of drug-likeness (QED) is 0.493. The zero-order valence-electron chi connectivity index (χ0n) is 13.4. The number of carboxylic acids is 1. The van der Waals surface area contributed by atoms with Gasteiger partial charge in [0.15, 0.2) is 0 Å². The average molecular weight is 356 g/mol. The molecule has 1 atom stereocenters. The van der Waals surface area contributed by atoms with Gasteiger partial charge in [0, 0.05) is 0 Å². The van der Waals surface area contributed by atoms with Crippen molar-refractivity contribution < 1.29 is 24.5 Å². The Morgan fingerprint density at radius 2 is 1.68 bits per heavy atom. The van der Waals surface area contributed by atoms with Crippen LogP contribution < -0.4 is 10.7 Å². The van der Waals surface area contributed by atoms with Gasteiger partial charge in [-0.1, -0.05) is 13.8 Å². The Labute approximate surface area is 140 Å². The lowest BCUT2D eigenvalue weighted by Gasteiger charge is -2.16. The summed E-state index contributed by atoms with van der Waals surface area (Å²) in [4.78, 5) is 54.1. The zero-order chi connectivity index (χ0) is 19.3. The highest BCUT2D eigenvalue weighted by Crippen LogP contribution is 2.12. The van der Waals surface area contributed by atoms with Gasteiger partial charge >= 0.3 is 22.8 Å². The van der Waals surface area contributed by atoms with Crippen molar-refractivity contribution in [1.29, 1.82) is 0 Å². The molecule has 0 aromatic carbocycles. The summed E-state index contributed by atoms with van der Waals surface area (Å²) < 4.78 is 0.793. The number of carbonyl (C=O) groups is 2. The summed E-state index contributed by atoms with van der Waals surface area (Å²) in [5, 5.41) is 32.9. The minimum atomic E-state index is -1.38. The molecule has 1 aromatic rings. The van der Waals surface area contributed by atoms with Crippen molar-refractivity contribution in [3.05, 3.63) is 42.8 Å². The number of aliphatic carboxylic acids is 1. The average Bonchev–Trinajstić information content (AvgIpc) is 2.46. The molecule has 0 fully saturated rings. The lowest BCUT2D eigenvalue weighted by atomic mass is 10.0. The van der Waals surface area contributed by atoms with Gasteiger partial charge in [-0.3, -0.25) is 29.8 Å². The molecule has 0 aliphatic carbocycles. The Hall–Kier alpha value is -3.31. The first-order valence-corrected chi connectivity index (χ1v) is 7.08. The number of rotatable bonds is 8. The predicted molar refractivity (Wildman–Crippen MR) is 83.0 cm³/mol. The number of hydrogen-bond donors (Lipinski definition) is 2. The molecule has 0 aliphatic rings. The molecule has 0 aliphatic heterocycles. The number of nitrogens with zero attached hydrogens (tertiary/aromatic N) is 3. The van der Waals surface area contributed by atoms with E-state index in [9.17, 15) is 34.6 Å². The molecule has 136 valence electrons.